The smallest absolute Gasteiger partial charge is 0.0976 e. The Kier molecular flexibility index (Phi) is 2.17. The van der Waals surface area contributed by atoms with Crippen molar-refractivity contribution in [3.63, 3.8) is 0 Å². The fraction of sp³-hybridized carbons (Fsp3) is 0.462. The van der Waals surface area contributed by atoms with Crippen molar-refractivity contribution < 1.29 is 0 Å². The first kappa shape index (κ1) is 10.5. The van der Waals surface area contributed by atoms with Gasteiger partial charge in [-0.05, 0) is 37.1 Å². The SMILES string of the molecule is CN1CC2C(C1)C2c1nc2cc(Br)ccc2s1. The van der Waals surface area contributed by atoms with Crippen LogP contribution in [0.3, 0.4) is 0 Å². The van der Waals surface area contributed by atoms with E-state index in [1.807, 2.05) is 11.3 Å². The molecule has 0 radical (unpaired) electrons. The van der Waals surface area contributed by atoms with Gasteiger partial charge in [0, 0.05) is 23.5 Å². The highest BCUT2D eigenvalue weighted by atomic mass is 79.9. The van der Waals surface area contributed by atoms with Crippen molar-refractivity contribution in [1.29, 1.82) is 0 Å². The number of aromatic nitrogens is 1. The monoisotopic (exact) mass is 308 g/mol. The van der Waals surface area contributed by atoms with Crippen LogP contribution in [0.25, 0.3) is 10.2 Å². The molecule has 2 heterocycles. The lowest BCUT2D eigenvalue weighted by molar-refractivity contribution is 0.362. The first-order valence-corrected chi connectivity index (χ1v) is 7.58. The van der Waals surface area contributed by atoms with Gasteiger partial charge < -0.3 is 4.90 Å². The summed E-state index contributed by atoms with van der Waals surface area (Å²) in [6.45, 7) is 2.52. The third kappa shape index (κ3) is 1.58. The van der Waals surface area contributed by atoms with E-state index in [9.17, 15) is 0 Å². The zero-order chi connectivity index (χ0) is 11.6. The van der Waals surface area contributed by atoms with Crippen LogP contribution in [0.15, 0.2) is 22.7 Å². The maximum atomic E-state index is 4.81. The Morgan fingerprint density at radius 2 is 2.12 bits per heavy atom. The number of nitrogens with zero attached hydrogens (tertiary/aromatic N) is 2. The van der Waals surface area contributed by atoms with Crippen molar-refractivity contribution in [1.82, 2.24) is 9.88 Å². The van der Waals surface area contributed by atoms with E-state index >= 15 is 0 Å². The second-order valence-corrected chi connectivity index (χ2v) is 7.22. The molecule has 0 bridgehead atoms. The number of thiazole rings is 1. The third-order valence-corrected chi connectivity index (χ3v) is 5.66. The lowest BCUT2D eigenvalue weighted by Crippen LogP contribution is -2.18. The average Bonchev–Trinajstić information content (AvgIpc) is 2.68. The third-order valence-electron chi connectivity index (χ3n) is 4.03. The highest BCUT2D eigenvalue weighted by Crippen LogP contribution is 2.58. The minimum Gasteiger partial charge on any atom is -0.306 e. The van der Waals surface area contributed by atoms with Gasteiger partial charge in [-0.25, -0.2) is 4.98 Å². The van der Waals surface area contributed by atoms with E-state index in [-0.39, 0.29) is 0 Å². The van der Waals surface area contributed by atoms with E-state index in [1.54, 1.807) is 0 Å². The lowest BCUT2D eigenvalue weighted by atomic mass is 10.3. The van der Waals surface area contributed by atoms with Gasteiger partial charge in [0.2, 0.25) is 0 Å². The molecule has 2 aliphatic rings. The molecule has 2 aromatic rings. The number of hydrogen-bond donors (Lipinski definition) is 0. The number of halogens is 1. The summed E-state index contributed by atoms with van der Waals surface area (Å²) in [5.74, 6) is 2.51. The van der Waals surface area contributed by atoms with Crippen LogP contribution in [-0.2, 0) is 0 Å². The highest BCUT2D eigenvalue weighted by Gasteiger charge is 2.56. The van der Waals surface area contributed by atoms with Gasteiger partial charge in [0.1, 0.15) is 0 Å². The van der Waals surface area contributed by atoms with E-state index in [0.29, 0.717) is 0 Å². The van der Waals surface area contributed by atoms with Crippen molar-refractivity contribution in [2.45, 2.75) is 5.92 Å². The Hall–Kier alpha value is -0.450. The Balaban J connectivity index is 1.69. The fourth-order valence-electron chi connectivity index (χ4n) is 3.16. The van der Waals surface area contributed by atoms with Crippen LogP contribution in [0.4, 0.5) is 0 Å². The standard InChI is InChI=1S/C13H13BrN2S/c1-16-5-8-9(6-16)12(8)13-15-10-4-7(14)2-3-11(10)17-13/h2-4,8-9,12H,5-6H2,1H3. The zero-order valence-electron chi connectivity index (χ0n) is 9.56. The Morgan fingerprint density at radius 3 is 2.88 bits per heavy atom. The van der Waals surface area contributed by atoms with Gasteiger partial charge in [0.15, 0.2) is 0 Å². The van der Waals surface area contributed by atoms with Gasteiger partial charge in [-0.2, -0.15) is 0 Å². The van der Waals surface area contributed by atoms with E-state index in [1.165, 1.54) is 22.8 Å². The Bertz CT molecular complexity index is 582. The summed E-state index contributed by atoms with van der Waals surface area (Å²) in [5.41, 5.74) is 1.15. The van der Waals surface area contributed by atoms with E-state index in [4.69, 9.17) is 4.98 Å². The molecule has 1 saturated carbocycles. The molecule has 4 heteroatoms. The van der Waals surface area contributed by atoms with Crippen LogP contribution in [0.1, 0.15) is 10.9 Å². The number of likely N-dealkylation sites (tertiary alicyclic amines) is 1. The minimum atomic E-state index is 0.752. The molecule has 2 nitrogen and oxygen atoms in total. The van der Waals surface area contributed by atoms with Crippen LogP contribution in [-0.4, -0.2) is 30.0 Å². The summed E-state index contributed by atoms with van der Waals surface area (Å²) >= 11 is 5.39. The molecule has 0 spiro atoms. The molecular formula is C13H13BrN2S. The lowest BCUT2D eigenvalue weighted by Gasteiger charge is -2.11. The van der Waals surface area contributed by atoms with Crippen LogP contribution < -0.4 is 0 Å². The molecule has 0 amide bonds. The molecule has 1 saturated heterocycles. The summed E-state index contributed by atoms with van der Waals surface area (Å²) in [7, 11) is 2.22. The normalized spacial score (nSPS) is 32.0. The number of rotatable bonds is 1. The molecule has 1 aromatic heterocycles. The number of hydrogen-bond acceptors (Lipinski definition) is 3. The first-order valence-electron chi connectivity index (χ1n) is 5.97. The van der Waals surface area contributed by atoms with E-state index < -0.39 is 0 Å². The summed E-state index contributed by atoms with van der Waals surface area (Å²) in [6.07, 6.45) is 0. The highest BCUT2D eigenvalue weighted by molar-refractivity contribution is 9.10. The van der Waals surface area contributed by atoms with Gasteiger partial charge >= 0.3 is 0 Å². The second kappa shape index (κ2) is 3.53. The number of piperidine rings is 1. The van der Waals surface area contributed by atoms with Crippen molar-refractivity contribution >= 4 is 37.5 Å². The molecule has 17 heavy (non-hydrogen) atoms. The second-order valence-electron chi connectivity index (χ2n) is 5.24. The molecule has 2 unspecified atom stereocenters. The quantitative estimate of drug-likeness (QED) is 0.803. The van der Waals surface area contributed by atoms with Gasteiger partial charge in [-0.15, -0.1) is 11.3 Å². The summed E-state index contributed by atoms with van der Waals surface area (Å²) < 4.78 is 2.44. The van der Waals surface area contributed by atoms with Gasteiger partial charge in [-0.1, -0.05) is 15.9 Å². The molecule has 2 atom stereocenters. The van der Waals surface area contributed by atoms with E-state index in [2.05, 4.69) is 46.1 Å². The molecule has 1 aromatic carbocycles. The van der Waals surface area contributed by atoms with Gasteiger partial charge in [0.05, 0.1) is 15.2 Å². The molecule has 1 aliphatic heterocycles. The van der Waals surface area contributed by atoms with Crippen LogP contribution in [0.5, 0.6) is 0 Å². The summed E-state index contributed by atoms with van der Waals surface area (Å²) in [6, 6.07) is 6.40. The number of benzene rings is 1. The van der Waals surface area contributed by atoms with Crippen LogP contribution >= 0.6 is 27.3 Å². The maximum Gasteiger partial charge on any atom is 0.0976 e. The first-order chi connectivity index (χ1) is 8.22. The molecule has 4 rings (SSSR count). The predicted octanol–water partition coefficient (Wildman–Crippen LogP) is 3.33. The maximum absolute atomic E-state index is 4.81. The van der Waals surface area contributed by atoms with Crippen LogP contribution in [0, 0.1) is 11.8 Å². The average molecular weight is 309 g/mol. The van der Waals surface area contributed by atoms with Crippen molar-refractivity contribution in [3.05, 3.63) is 27.7 Å². The van der Waals surface area contributed by atoms with Crippen molar-refractivity contribution in [3.8, 4) is 0 Å². The van der Waals surface area contributed by atoms with Crippen molar-refractivity contribution in [2.24, 2.45) is 11.8 Å². The van der Waals surface area contributed by atoms with Gasteiger partial charge in [-0.3, -0.25) is 0 Å². The Morgan fingerprint density at radius 1 is 1.35 bits per heavy atom. The minimum absolute atomic E-state index is 0.752. The van der Waals surface area contributed by atoms with Gasteiger partial charge in [0.25, 0.3) is 0 Å². The number of fused-ring (bicyclic) bond motifs is 2. The zero-order valence-corrected chi connectivity index (χ0v) is 12.0. The molecule has 1 aliphatic carbocycles. The van der Waals surface area contributed by atoms with Crippen LogP contribution in [0.2, 0.25) is 0 Å². The Labute approximate surface area is 113 Å². The van der Waals surface area contributed by atoms with Crippen molar-refractivity contribution in [2.75, 3.05) is 20.1 Å². The molecule has 88 valence electrons. The molecule has 2 fully saturated rings. The predicted molar refractivity (Wildman–Crippen MR) is 74.5 cm³/mol. The molecular weight excluding hydrogens is 296 g/mol. The summed E-state index contributed by atoms with van der Waals surface area (Å²) in [4.78, 5) is 7.25. The largest absolute Gasteiger partial charge is 0.306 e. The fourth-order valence-corrected chi connectivity index (χ4v) is 4.71. The van der Waals surface area contributed by atoms with E-state index in [0.717, 1.165) is 27.7 Å². The summed E-state index contributed by atoms with van der Waals surface area (Å²) in [5, 5.41) is 1.36. The topological polar surface area (TPSA) is 16.1 Å². The molecule has 0 N–H and O–H groups in total.